The van der Waals surface area contributed by atoms with E-state index < -0.39 is 0 Å². The number of hydrogen-bond donors (Lipinski definition) is 0. The highest BCUT2D eigenvalue weighted by Crippen LogP contribution is 2.21. The lowest BCUT2D eigenvalue weighted by Crippen LogP contribution is -2.08. The van der Waals surface area contributed by atoms with Crippen LogP contribution in [0.5, 0.6) is 0 Å². The minimum Gasteiger partial charge on any atom is -0.294 e. The van der Waals surface area contributed by atoms with Gasteiger partial charge in [-0.1, -0.05) is 56.7 Å². The predicted molar refractivity (Wildman–Crippen MR) is 91.8 cm³/mol. The van der Waals surface area contributed by atoms with E-state index in [9.17, 15) is 4.79 Å². The van der Waals surface area contributed by atoms with Crippen molar-refractivity contribution in [3.05, 3.63) is 58.2 Å². The summed E-state index contributed by atoms with van der Waals surface area (Å²) in [5, 5.41) is 0. The summed E-state index contributed by atoms with van der Waals surface area (Å²) in [5.41, 5.74) is 5.68. The third-order valence-electron chi connectivity index (χ3n) is 4.01. The SMILES string of the molecule is C/C=C\C(C(=O)Cc1cc(C(C)C)ccc1C)=C(\C)CC. The van der Waals surface area contributed by atoms with Crippen molar-refractivity contribution in [2.45, 2.75) is 60.3 Å². The zero-order valence-corrected chi connectivity index (χ0v) is 14.3. The number of allylic oxidation sites excluding steroid dienone is 4. The van der Waals surface area contributed by atoms with Crippen molar-refractivity contribution >= 4 is 5.78 Å². The van der Waals surface area contributed by atoms with Gasteiger partial charge in [0.25, 0.3) is 0 Å². The Kier molecular flexibility index (Phi) is 6.61. The number of benzene rings is 1. The summed E-state index contributed by atoms with van der Waals surface area (Å²) >= 11 is 0. The Balaban J connectivity index is 3.10. The Morgan fingerprint density at radius 3 is 2.48 bits per heavy atom. The summed E-state index contributed by atoms with van der Waals surface area (Å²) < 4.78 is 0. The second kappa shape index (κ2) is 7.97. The van der Waals surface area contributed by atoms with Crippen LogP contribution in [0.2, 0.25) is 0 Å². The highest BCUT2D eigenvalue weighted by molar-refractivity contribution is 6.00. The van der Waals surface area contributed by atoms with Crippen LogP contribution in [0.4, 0.5) is 0 Å². The standard InChI is InChI=1S/C20H28O/c1-7-9-19(15(5)8-2)20(21)13-18-12-17(14(3)4)11-10-16(18)6/h7,9-12,14H,8,13H2,1-6H3/b9-7-,19-15+. The Morgan fingerprint density at radius 1 is 1.29 bits per heavy atom. The Bertz CT molecular complexity index is 559. The van der Waals surface area contributed by atoms with Crippen LogP contribution in [0.1, 0.15) is 63.6 Å². The fourth-order valence-corrected chi connectivity index (χ4v) is 2.34. The van der Waals surface area contributed by atoms with Crippen LogP contribution < -0.4 is 0 Å². The van der Waals surface area contributed by atoms with Gasteiger partial charge in [-0.15, -0.1) is 0 Å². The lowest BCUT2D eigenvalue weighted by atomic mass is 9.92. The smallest absolute Gasteiger partial charge is 0.167 e. The molecule has 0 aliphatic carbocycles. The molecule has 1 aromatic rings. The van der Waals surface area contributed by atoms with Gasteiger partial charge in [0.05, 0.1) is 0 Å². The molecule has 0 fully saturated rings. The summed E-state index contributed by atoms with van der Waals surface area (Å²) in [4.78, 5) is 12.6. The van der Waals surface area contributed by atoms with Crippen molar-refractivity contribution in [2.24, 2.45) is 0 Å². The maximum atomic E-state index is 12.6. The van der Waals surface area contributed by atoms with E-state index in [1.807, 2.05) is 26.0 Å². The normalized spacial score (nSPS) is 12.9. The molecule has 0 saturated carbocycles. The molecule has 0 aliphatic heterocycles. The lowest BCUT2D eigenvalue weighted by molar-refractivity contribution is -0.114. The summed E-state index contributed by atoms with van der Waals surface area (Å²) in [6, 6.07) is 6.48. The molecular weight excluding hydrogens is 256 g/mol. The van der Waals surface area contributed by atoms with Gasteiger partial charge in [-0.25, -0.2) is 0 Å². The molecule has 0 amide bonds. The molecule has 1 rings (SSSR count). The Hall–Kier alpha value is -1.63. The number of aryl methyl sites for hydroxylation is 1. The fourth-order valence-electron chi connectivity index (χ4n) is 2.34. The van der Waals surface area contributed by atoms with E-state index in [4.69, 9.17) is 0 Å². The van der Waals surface area contributed by atoms with Gasteiger partial charge in [0.15, 0.2) is 5.78 Å². The average Bonchev–Trinajstić information content (AvgIpc) is 2.45. The van der Waals surface area contributed by atoms with Gasteiger partial charge in [-0.2, -0.15) is 0 Å². The van der Waals surface area contributed by atoms with E-state index in [0.29, 0.717) is 12.3 Å². The summed E-state index contributed by atoms with van der Waals surface area (Å²) in [5.74, 6) is 0.707. The van der Waals surface area contributed by atoms with E-state index >= 15 is 0 Å². The van der Waals surface area contributed by atoms with Crippen LogP contribution in [0.3, 0.4) is 0 Å². The number of carbonyl (C=O) groups is 1. The molecule has 0 unspecified atom stereocenters. The third kappa shape index (κ3) is 4.70. The van der Waals surface area contributed by atoms with Crippen molar-refractivity contribution < 1.29 is 4.79 Å². The van der Waals surface area contributed by atoms with Gasteiger partial charge >= 0.3 is 0 Å². The minimum atomic E-state index is 0.219. The summed E-state index contributed by atoms with van der Waals surface area (Å²) in [6.45, 7) is 12.5. The van der Waals surface area contributed by atoms with E-state index in [-0.39, 0.29) is 5.78 Å². The van der Waals surface area contributed by atoms with Crippen LogP contribution in [-0.4, -0.2) is 5.78 Å². The van der Waals surface area contributed by atoms with Crippen molar-refractivity contribution in [3.8, 4) is 0 Å². The molecule has 114 valence electrons. The summed E-state index contributed by atoms with van der Waals surface area (Å²) in [6.07, 6.45) is 5.30. The molecule has 0 aromatic heterocycles. The number of hydrogen-bond acceptors (Lipinski definition) is 1. The van der Waals surface area contributed by atoms with Gasteiger partial charge in [0.1, 0.15) is 0 Å². The number of ketones is 1. The monoisotopic (exact) mass is 284 g/mol. The first-order chi connectivity index (χ1) is 9.90. The first-order valence-electron chi connectivity index (χ1n) is 7.85. The molecule has 0 N–H and O–H groups in total. The second-order valence-corrected chi connectivity index (χ2v) is 5.99. The maximum Gasteiger partial charge on any atom is 0.167 e. The van der Waals surface area contributed by atoms with Crippen molar-refractivity contribution in [1.82, 2.24) is 0 Å². The molecular formula is C20H28O. The van der Waals surface area contributed by atoms with Crippen LogP contribution in [0, 0.1) is 6.92 Å². The number of Topliss-reactive ketones (excluding diaryl/α,β-unsaturated/α-hetero) is 1. The predicted octanol–water partition coefficient (Wildman–Crippen LogP) is 5.53. The molecule has 0 heterocycles. The molecule has 1 aromatic carbocycles. The first-order valence-corrected chi connectivity index (χ1v) is 7.85. The van der Waals surface area contributed by atoms with Gasteiger partial charge < -0.3 is 0 Å². The van der Waals surface area contributed by atoms with Gasteiger partial charge in [-0.3, -0.25) is 4.79 Å². The highest BCUT2D eigenvalue weighted by atomic mass is 16.1. The summed E-state index contributed by atoms with van der Waals surface area (Å²) in [7, 11) is 0. The molecule has 0 atom stereocenters. The molecule has 0 saturated heterocycles. The largest absolute Gasteiger partial charge is 0.294 e. The number of carbonyl (C=O) groups excluding carboxylic acids is 1. The van der Waals surface area contributed by atoms with E-state index in [0.717, 1.165) is 23.1 Å². The molecule has 0 radical (unpaired) electrons. The lowest BCUT2D eigenvalue weighted by Gasteiger charge is -2.12. The fraction of sp³-hybridized carbons (Fsp3) is 0.450. The van der Waals surface area contributed by atoms with Crippen molar-refractivity contribution in [3.63, 3.8) is 0 Å². The highest BCUT2D eigenvalue weighted by Gasteiger charge is 2.13. The molecule has 0 aliphatic rings. The van der Waals surface area contributed by atoms with Crippen molar-refractivity contribution in [1.29, 1.82) is 0 Å². The van der Waals surface area contributed by atoms with Gasteiger partial charge in [0, 0.05) is 12.0 Å². The molecule has 1 nitrogen and oxygen atoms in total. The average molecular weight is 284 g/mol. The molecule has 0 bridgehead atoms. The van der Waals surface area contributed by atoms with E-state index in [1.54, 1.807) is 0 Å². The zero-order chi connectivity index (χ0) is 16.0. The second-order valence-electron chi connectivity index (χ2n) is 5.99. The number of rotatable bonds is 6. The van der Waals surface area contributed by atoms with E-state index in [2.05, 4.69) is 45.9 Å². The van der Waals surface area contributed by atoms with Gasteiger partial charge in [0.2, 0.25) is 0 Å². The molecule has 1 heteroatoms. The minimum absolute atomic E-state index is 0.219. The maximum absolute atomic E-state index is 12.6. The van der Waals surface area contributed by atoms with Crippen LogP contribution in [0.15, 0.2) is 41.5 Å². The quantitative estimate of drug-likeness (QED) is 0.495. The Labute approximate surface area is 129 Å². The third-order valence-corrected chi connectivity index (χ3v) is 4.01. The van der Waals surface area contributed by atoms with Gasteiger partial charge in [-0.05, 0) is 49.8 Å². The van der Waals surface area contributed by atoms with Crippen LogP contribution in [0.25, 0.3) is 0 Å². The van der Waals surface area contributed by atoms with Crippen LogP contribution >= 0.6 is 0 Å². The van der Waals surface area contributed by atoms with Crippen molar-refractivity contribution in [2.75, 3.05) is 0 Å². The Morgan fingerprint density at radius 2 is 1.95 bits per heavy atom. The van der Waals surface area contributed by atoms with Crippen LogP contribution in [-0.2, 0) is 11.2 Å². The molecule has 0 spiro atoms. The first kappa shape index (κ1) is 17.4. The molecule has 21 heavy (non-hydrogen) atoms. The van der Waals surface area contributed by atoms with E-state index in [1.165, 1.54) is 11.1 Å². The topological polar surface area (TPSA) is 17.1 Å². The zero-order valence-electron chi connectivity index (χ0n) is 14.3.